The molecular formula is C27H31NO4. The zero-order valence-corrected chi connectivity index (χ0v) is 19.4. The Morgan fingerprint density at radius 2 is 1.78 bits per heavy atom. The van der Waals surface area contributed by atoms with E-state index in [0.717, 1.165) is 29.5 Å². The van der Waals surface area contributed by atoms with Gasteiger partial charge in [-0.15, -0.1) is 0 Å². The number of ether oxygens (including phenoxy) is 1. The third-order valence-electron chi connectivity index (χ3n) is 5.17. The number of hydrogen-bond donors (Lipinski definition) is 1. The van der Waals surface area contributed by atoms with Crippen LogP contribution in [0, 0.1) is 0 Å². The lowest BCUT2D eigenvalue weighted by Gasteiger charge is -2.19. The highest BCUT2D eigenvalue weighted by Crippen LogP contribution is 2.26. The number of carboxylic acids is 1. The molecule has 0 aliphatic carbocycles. The van der Waals surface area contributed by atoms with Crippen LogP contribution in [-0.2, 0) is 22.5 Å². The van der Waals surface area contributed by atoms with Crippen LogP contribution in [0.4, 0.5) is 0 Å². The van der Waals surface area contributed by atoms with Crippen LogP contribution in [0.2, 0.25) is 0 Å². The number of hydrogen-bond acceptors (Lipinski definition) is 3. The van der Waals surface area contributed by atoms with Gasteiger partial charge in [0.25, 0.3) is 0 Å². The van der Waals surface area contributed by atoms with Gasteiger partial charge in [0.15, 0.2) is 0 Å². The van der Waals surface area contributed by atoms with Gasteiger partial charge in [0.05, 0.1) is 5.56 Å². The normalized spacial score (nSPS) is 12.2. The van der Waals surface area contributed by atoms with Crippen LogP contribution >= 0.6 is 0 Å². The summed E-state index contributed by atoms with van der Waals surface area (Å²) in [5, 5.41) is 10.3. The molecule has 0 radical (unpaired) electrons. The SMILES string of the molecule is CCCc1cn(Cc2ccc(C(=O)O)cc2)c2cc(/C=C(/C)C(=O)OC(C)(C)C)ccc12. The van der Waals surface area contributed by atoms with Crippen molar-refractivity contribution in [3.8, 4) is 0 Å². The van der Waals surface area contributed by atoms with Crippen LogP contribution in [0.1, 0.15) is 68.1 Å². The van der Waals surface area contributed by atoms with Gasteiger partial charge in [0.1, 0.15) is 5.60 Å². The standard InChI is InChI=1S/C27H31NO4/c1-6-7-22-17-28(16-19-8-11-21(12-9-19)25(29)30)24-15-20(10-13-23(22)24)14-18(2)26(31)32-27(3,4)5/h8-15,17H,6-7,16H2,1-5H3,(H,29,30)/b18-14-. The van der Waals surface area contributed by atoms with Crippen molar-refractivity contribution in [2.24, 2.45) is 0 Å². The fraction of sp³-hybridized carbons (Fsp3) is 0.333. The van der Waals surface area contributed by atoms with Crippen molar-refractivity contribution in [2.45, 2.75) is 59.6 Å². The summed E-state index contributed by atoms with van der Waals surface area (Å²) in [6, 6.07) is 13.2. The predicted molar refractivity (Wildman–Crippen MR) is 128 cm³/mol. The summed E-state index contributed by atoms with van der Waals surface area (Å²) in [5.41, 5.74) is 4.63. The molecule has 0 bridgehead atoms. The molecule has 3 aromatic rings. The second kappa shape index (κ2) is 9.43. The number of nitrogens with zero attached hydrogens (tertiary/aromatic N) is 1. The number of aryl methyl sites for hydroxylation is 1. The van der Waals surface area contributed by atoms with Crippen molar-refractivity contribution in [3.63, 3.8) is 0 Å². The molecule has 168 valence electrons. The Morgan fingerprint density at radius 1 is 1.09 bits per heavy atom. The van der Waals surface area contributed by atoms with Gasteiger partial charge in [-0.25, -0.2) is 9.59 Å². The summed E-state index contributed by atoms with van der Waals surface area (Å²) in [7, 11) is 0. The van der Waals surface area contributed by atoms with Crippen molar-refractivity contribution >= 4 is 28.9 Å². The number of benzene rings is 2. The van der Waals surface area contributed by atoms with Gasteiger partial charge in [-0.3, -0.25) is 0 Å². The summed E-state index contributed by atoms with van der Waals surface area (Å²) >= 11 is 0. The van der Waals surface area contributed by atoms with Crippen LogP contribution in [0.25, 0.3) is 17.0 Å². The molecule has 0 amide bonds. The van der Waals surface area contributed by atoms with Crippen LogP contribution in [-0.4, -0.2) is 27.2 Å². The minimum absolute atomic E-state index is 0.280. The highest BCUT2D eigenvalue weighted by atomic mass is 16.6. The van der Waals surface area contributed by atoms with E-state index >= 15 is 0 Å². The van der Waals surface area contributed by atoms with Gasteiger partial charge in [-0.2, -0.15) is 0 Å². The highest BCUT2D eigenvalue weighted by molar-refractivity contribution is 5.94. The maximum absolute atomic E-state index is 12.4. The molecule has 0 atom stereocenters. The summed E-state index contributed by atoms with van der Waals surface area (Å²) in [5.74, 6) is -1.25. The van der Waals surface area contributed by atoms with E-state index in [1.54, 1.807) is 19.1 Å². The summed E-state index contributed by atoms with van der Waals surface area (Å²) < 4.78 is 7.66. The molecule has 0 unspecified atom stereocenters. The Kier molecular flexibility index (Phi) is 6.87. The molecule has 1 aromatic heterocycles. The maximum Gasteiger partial charge on any atom is 0.335 e. The highest BCUT2D eigenvalue weighted by Gasteiger charge is 2.17. The van der Waals surface area contributed by atoms with Gasteiger partial charge >= 0.3 is 11.9 Å². The van der Waals surface area contributed by atoms with Gasteiger partial charge in [-0.05, 0) is 75.1 Å². The third-order valence-corrected chi connectivity index (χ3v) is 5.17. The summed E-state index contributed by atoms with van der Waals surface area (Å²) in [4.78, 5) is 23.5. The molecule has 1 N–H and O–H groups in total. The van der Waals surface area contributed by atoms with E-state index in [4.69, 9.17) is 9.84 Å². The minimum Gasteiger partial charge on any atom is -0.478 e. The average Bonchev–Trinajstić information content (AvgIpc) is 3.04. The van der Waals surface area contributed by atoms with E-state index in [0.29, 0.717) is 12.1 Å². The number of carbonyl (C=O) groups is 2. The number of carboxylic acid groups (broad SMARTS) is 1. The average molecular weight is 434 g/mol. The molecule has 3 rings (SSSR count). The second-order valence-corrected chi connectivity index (χ2v) is 9.14. The van der Waals surface area contributed by atoms with E-state index in [2.05, 4.69) is 29.8 Å². The van der Waals surface area contributed by atoms with Crippen molar-refractivity contribution < 1.29 is 19.4 Å². The Morgan fingerprint density at radius 3 is 2.38 bits per heavy atom. The first-order chi connectivity index (χ1) is 15.1. The monoisotopic (exact) mass is 433 g/mol. The van der Waals surface area contributed by atoms with Crippen molar-refractivity contribution in [1.29, 1.82) is 0 Å². The van der Waals surface area contributed by atoms with Gasteiger partial charge < -0.3 is 14.4 Å². The zero-order chi connectivity index (χ0) is 23.5. The lowest BCUT2D eigenvalue weighted by Crippen LogP contribution is -2.24. The maximum atomic E-state index is 12.4. The number of esters is 1. The molecule has 0 aliphatic heterocycles. The molecule has 0 aliphatic rings. The summed E-state index contributed by atoms with van der Waals surface area (Å²) in [6.45, 7) is 10.1. The van der Waals surface area contributed by atoms with Crippen LogP contribution < -0.4 is 0 Å². The molecule has 0 saturated heterocycles. The van der Waals surface area contributed by atoms with E-state index in [9.17, 15) is 9.59 Å². The Hall–Kier alpha value is -3.34. The Labute approximate surface area is 189 Å². The van der Waals surface area contributed by atoms with Crippen molar-refractivity contribution in [2.75, 3.05) is 0 Å². The fourth-order valence-electron chi connectivity index (χ4n) is 3.69. The smallest absolute Gasteiger partial charge is 0.335 e. The van der Waals surface area contributed by atoms with E-state index < -0.39 is 11.6 Å². The molecule has 5 heteroatoms. The number of aromatic carboxylic acids is 1. The minimum atomic E-state index is -0.926. The Balaban J connectivity index is 1.96. The molecule has 1 heterocycles. The number of aromatic nitrogens is 1. The van der Waals surface area contributed by atoms with Gasteiger partial charge in [0, 0.05) is 29.2 Å². The lowest BCUT2D eigenvalue weighted by atomic mass is 10.1. The predicted octanol–water partition coefficient (Wildman–Crippen LogP) is 6.09. The number of fused-ring (bicyclic) bond motifs is 1. The van der Waals surface area contributed by atoms with Crippen LogP contribution in [0.5, 0.6) is 0 Å². The van der Waals surface area contributed by atoms with Gasteiger partial charge in [0.2, 0.25) is 0 Å². The van der Waals surface area contributed by atoms with Crippen molar-refractivity contribution in [3.05, 3.63) is 76.5 Å². The molecular weight excluding hydrogens is 402 g/mol. The molecule has 0 spiro atoms. The first kappa shape index (κ1) is 23.3. The van der Waals surface area contributed by atoms with E-state index in [-0.39, 0.29) is 11.5 Å². The van der Waals surface area contributed by atoms with Crippen LogP contribution in [0.15, 0.2) is 54.2 Å². The Bertz CT molecular complexity index is 1160. The van der Waals surface area contributed by atoms with E-state index in [1.165, 1.54) is 10.9 Å². The topological polar surface area (TPSA) is 68.5 Å². The first-order valence-corrected chi connectivity index (χ1v) is 10.9. The quantitative estimate of drug-likeness (QED) is 0.362. The lowest BCUT2D eigenvalue weighted by molar-refractivity contribution is -0.149. The number of carbonyl (C=O) groups excluding carboxylic acids is 1. The largest absolute Gasteiger partial charge is 0.478 e. The fourth-order valence-corrected chi connectivity index (χ4v) is 3.69. The molecule has 2 aromatic carbocycles. The molecule has 32 heavy (non-hydrogen) atoms. The number of rotatable bonds is 7. The van der Waals surface area contributed by atoms with Crippen molar-refractivity contribution in [1.82, 2.24) is 4.57 Å². The zero-order valence-electron chi connectivity index (χ0n) is 19.4. The third kappa shape index (κ3) is 5.67. The van der Waals surface area contributed by atoms with E-state index in [1.807, 2.05) is 45.0 Å². The second-order valence-electron chi connectivity index (χ2n) is 9.14. The van der Waals surface area contributed by atoms with Gasteiger partial charge in [-0.1, -0.05) is 37.6 Å². The van der Waals surface area contributed by atoms with Crippen LogP contribution in [0.3, 0.4) is 0 Å². The first-order valence-electron chi connectivity index (χ1n) is 10.9. The molecule has 0 saturated carbocycles. The molecule has 5 nitrogen and oxygen atoms in total. The molecule has 0 fully saturated rings. The summed E-state index contributed by atoms with van der Waals surface area (Å²) in [6.07, 6.45) is 6.05.